The molecule has 0 aromatic heterocycles. The van der Waals surface area contributed by atoms with Gasteiger partial charge in [0.05, 0.1) is 6.61 Å². The van der Waals surface area contributed by atoms with Gasteiger partial charge in [-0.3, -0.25) is 4.90 Å². The Labute approximate surface area is 113 Å². The first-order valence-corrected chi connectivity index (χ1v) is 7.54. The minimum atomic E-state index is 0.160. The molecule has 0 radical (unpaired) electrons. The molecule has 3 unspecified atom stereocenters. The first-order chi connectivity index (χ1) is 8.41. The number of aliphatic hydroxyl groups is 1. The quantitative estimate of drug-likeness (QED) is 0.812. The van der Waals surface area contributed by atoms with E-state index in [9.17, 15) is 5.11 Å². The maximum Gasteiger partial charge on any atom is 0.0587 e. The Morgan fingerprint density at radius 2 is 1.94 bits per heavy atom. The number of likely N-dealkylation sites (tertiary alicyclic amines) is 1. The average molecular weight is 256 g/mol. The molecule has 0 bridgehead atoms. The molecule has 0 spiro atoms. The van der Waals surface area contributed by atoms with Gasteiger partial charge >= 0.3 is 0 Å². The van der Waals surface area contributed by atoms with E-state index in [1.54, 1.807) is 0 Å². The molecule has 3 heteroatoms. The fraction of sp³-hybridized carbons (Fsp3) is 1.00. The molecule has 1 rings (SSSR count). The van der Waals surface area contributed by atoms with Crippen molar-refractivity contribution in [1.29, 1.82) is 0 Å². The minimum absolute atomic E-state index is 0.160. The van der Waals surface area contributed by atoms with Crippen LogP contribution in [0.15, 0.2) is 0 Å². The molecule has 0 amide bonds. The monoisotopic (exact) mass is 256 g/mol. The molecule has 3 nitrogen and oxygen atoms in total. The largest absolute Gasteiger partial charge is 0.395 e. The standard InChI is InChI=1S/C15H32N2O/c1-5-13(16)14(15(2,3)4)17-10-8-6-7-9-12(17)11-18/h12-14,18H,5-11,16H2,1-4H3. The second-order valence-corrected chi connectivity index (χ2v) is 6.81. The van der Waals surface area contributed by atoms with Crippen LogP contribution in [0.2, 0.25) is 0 Å². The van der Waals surface area contributed by atoms with Gasteiger partial charge in [-0.1, -0.05) is 40.5 Å². The summed E-state index contributed by atoms with van der Waals surface area (Å²) in [6.45, 7) is 10.3. The van der Waals surface area contributed by atoms with Crippen molar-refractivity contribution in [2.75, 3.05) is 13.2 Å². The number of hydrogen-bond donors (Lipinski definition) is 2. The maximum absolute atomic E-state index is 9.67. The van der Waals surface area contributed by atoms with E-state index in [0.29, 0.717) is 12.1 Å². The zero-order chi connectivity index (χ0) is 13.8. The molecule has 18 heavy (non-hydrogen) atoms. The number of rotatable bonds is 4. The molecular formula is C15H32N2O. The van der Waals surface area contributed by atoms with Gasteiger partial charge in [-0.25, -0.2) is 0 Å². The van der Waals surface area contributed by atoms with Gasteiger partial charge in [0.2, 0.25) is 0 Å². The highest BCUT2D eigenvalue weighted by Crippen LogP contribution is 2.31. The summed E-state index contributed by atoms with van der Waals surface area (Å²) in [6, 6.07) is 0.851. The summed E-state index contributed by atoms with van der Waals surface area (Å²) >= 11 is 0. The van der Waals surface area contributed by atoms with Crippen molar-refractivity contribution in [3.63, 3.8) is 0 Å². The normalized spacial score (nSPS) is 26.7. The summed E-state index contributed by atoms with van der Waals surface area (Å²) in [7, 11) is 0. The first kappa shape index (κ1) is 15.9. The van der Waals surface area contributed by atoms with Gasteiger partial charge < -0.3 is 10.8 Å². The first-order valence-electron chi connectivity index (χ1n) is 7.54. The molecule has 0 aromatic carbocycles. The van der Waals surface area contributed by atoms with Crippen LogP contribution in [-0.4, -0.2) is 41.3 Å². The predicted octanol–water partition coefficient (Wildman–Crippen LogP) is 2.38. The third kappa shape index (κ3) is 3.94. The molecule has 1 saturated heterocycles. The number of hydrogen-bond acceptors (Lipinski definition) is 3. The van der Waals surface area contributed by atoms with E-state index >= 15 is 0 Å². The average Bonchev–Trinajstić information content (AvgIpc) is 2.52. The fourth-order valence-corrected chi connectivity index (χ4v) is 3.37. The lowest BCUT2D eigenvalue weighted by atomic mass is 9.79. The van der Waals surface area contributed by atoms with Crippen LogP contribution in [0, 0.1) is 5.41 Å². The Morgan fingerprint density at radius 3 is 2.44 bits per heavy atom. The van der Waals surface area contributed by atoms with E-state index in [0.717, 1.165) is 19.4 Å². The van der Waals surface area contributed by atoms with Crippen molar-refractivity contribution in [3.8, 4) is 0 Å². The van der Waals surface area contributed by atoms with Gasteiger partial charge in [0.1, 0.15) is 0 Å². The van der Waals surface area contributed by atoms with Crippen molar-refractivity contribution in [3.05, 3.63) is 0 Å². The van der Waals surface area contributed by atoms with Crippen LogP contribution in [-0.2, 0) is 0 Å². The summed E-state index contributed by atoms with van der Waals surface area (Å²) in [5, 5.41) is 9.67. The summed E-state index contributed by atoms with van der Waals surface area (Å²) in [5.74, 6) is 0. The van der Waals surface area contributed by atoms with E-state index in [4.69, 9.17) is 5.73 Å². The molecule has 1 aliphatic rings. The lowest BCUT2D eigenvalue weighted by Crippen LogP contribution is -2.58. The van der Waals surface area contributed by atoms with Crippen LogP contribution in [0.3, 0.4) is 0 Å². The fourth-order valence-electron chi connectivity index (χ4n) is 3.37. The van der Waals surface area contributed by atoms with Crippen molar-refractivity contribution in [2.45, 2.75) is 77.9 Å². The minimum Gasteiger partial charge on any atom is -0.395 e. The molecule has 1 heterocycles. The zero-order valence-electron chi connectivity index (χ0n) is 12.7. The van der Waals surface area contributed by atoms with Crippen molar-refractivity contribution in [2.24, 2.45) is 11.1 Å². The second kappa shape index (κ2) is 6.88. The van der Waals surface area contributed by atoms with Gasteiger partial charge in [0, 0.05) is 18.1 Å². The van der Waals surface area contributed by atoms with Crippen LogP contribution in [0.25, 0.3) is 0 Å². The van der Waals surface area contributed by atoms with Crippen LogP contribution in [0.1, 0.15) is 59.8 Å². The van der Waals surface area contributed by atoms with Crippen LogP contribution < -0.4 is 5.73 Å². The second-order valence-electron chi connectivity index (χ2n) is 6.81. The van der Waals surface area contributed by atoms with Crippen LogP contribution >= 0.6 is 0 Å². The molecular weight excluding hydrogens is 224 g/mol. The summed E-state index contributed by atoms with van der Waals surface area (Å²) in [6.07, 6.45) is 5.86. The SMILES string of the molecule is CCC(N)C(N1CCCCCC1CO)C(C)(C)C. The van der Waals surface area contributed by atoms with Gasteiger partial charge in [-0.2, -0.15) is 0 Å². The lowest BCUT2D eigenvalue weighted by Gasteiger charge is -2.46. The molecule has 1 fully saturated rings. The lowest BCUT2D eigenvalue weighted by molar-refractivity contribution is 0.0184. The molecule has 108 valence electrons. The van der Waals surface area contributed by atoms with Gasteiger partial charge in [-0.05, 0) is 31.2 Å². The Kier molecular flexibility index (Phi) is 6.09. The number of nitrogens with zero attached hydrogens (tertiary/aromatic N) is 1. The van der Waals surface area contributed by atoms with Crippen molar-refractivity contribution >= 4 is 0 Å². The zero-order valence-corrected chi connectivity index (χ0v) is 12.7. The topological polar surface area (TPSA) is 49.5 Å². The Balaban J connectivity index is 2.93. The van der Waals surface area contributed by atoms with E-state index in [-0.39, 0.29) is 18.1 Å². The highest BCUT2D eigenvalue weighted by atomic mass is 16.3. The van der Waals surface area contributed by atoms with E-state index < -0.39 is 0 Å². The number of aliphatic hydroxyl groups excluding tert-OH is 1. The number of nitrogens with two attached hydrogens (primary N) is 1. The molecule has 0 aliphatic carbocycles. The molecule has 1 aliphatic heterocycles. The van der Waals surface area contributed by atoms with Crippen molar-refractivity contribution < 1.29 is 5.11 Å². The van der Waals surface area contributed by atoms with Crippen LogP contribution in [0.5, 0.6) is 0 Å². The molecule has 0 saturated carbocycles. The predicted molar refractivity (Wildman–Crippen MR) is 77.6 cm³/mol. The van der Waals surface area contributed by atoms with E-state index in [1.807, 2.05) is 0 Å². The Bertz CT molecular complexity index is 237. The van der Waals surface area contributed by atoms with E-state index in [1.165, 1.54) is 19.3 Å². The molecule has 3 atom stereocenters. The van der Waals surface area contributed by atoms with Gasteiger partial charge in [-0.15, -0.1) is 0 Å². The summed E-state index contributed by atoms with van der Waals surface area (Å²) in [4.78, 5) is 2.50. The summed E-state index contributed by atoms with van der Waals surface area (Å²) in [5.41, 5.74) is 6.54. The van der Waals surface area contributed by atoms with Crippen LogP contribution in [0.4, 0.5) is 0 Å². The highest BCUT2D eigenvalue weighted by Gasteiger charge is 2.37. The van der Waals surface area contributed by atoms with E-state index in [2.05, 4.69) is 32.6 Å². The summed E-state index contributed by atoms with van der Waals surface area (Å²) < 4.78 is 0. The Morgan fingerprint density at radius 1 is 1.28 bits per heavy atom. The maximum atomic E-state index is 9.67. The molecule has 0 aromatic rings. The Hall–Kier alpha value is -0.120. The smallest absolute Gasteiger partial charge is 0.0587 e. The highest BCUT2D eigenvalue weighted by molar-refractivity contribution is 4.94. The molecule has 3 N–H and O–H groups in total. The van der Waals surface area contributed by atoms with Gasteiger partial charge in [0.25, 0.3) is 0 Å². The third-order valence-electron chi connectivity index (χ3n) is 4.25. The third-order valence-corrected chi connectivity index (χ3v) is 4.25. The van der Waals surface area contributed by atoms with Gasteiger partial charge in [0.15, 0.2) is 0 Å². The van der Waals surface area contributed by atoms with Crippen molar-refractivity contribution in [1.82, 2.24) is 4.90 Å².